The SMILES string of the molecule is CC(C)(C)C1=C[C@@H]2C[C@H](c3ccc(Cl)cc3)[C@H]1C(=O)C2=O. The molecule has 2 nitrogen and oxygen atoms in total. The number of fused-ring (bicyclic) bond motifs is 2. The minimum Gasteiger partial charge on any atom is -0.290 e. The van der Waals surface area contributed by atoms with Crippen molar-refractivity contribution >= 4 is 23.2 Å². The van der Waals surface area contributed by atoms with E-state index in [9.17, 15) is 9.59 Å². The number of halogens is 1. The van der Waals surface area contributed by atoms with Gasteiger partial charge in [-0.05, 0) is 35.4 Å². The highest BCUT2D eigenvalue weighted by Gasteiger charge is 2.50. The molecule has 110 valence electrons. The molecule has 0 saturated heterocycles. The minimum absolute atomic E-state index is 0.0929. The van der Waals surface area contributed by atoms with E-state index in [1.165, 1.54) is 0 Å². The van der Waals surface area contributed by atoms with E-state index in [-0.39, 0.29) is 34.7 Å². The molecule has 0 aliphatic heterocycles. The lowest BCUT2D eigenvalue weighted by Crippen LogP contribution is -2.47. The van der Waals surface area contributed by atoms with Crippen LogP contribution in [0.25, 0.3) is 0 Å². The van der Waals surface area contributed by atoms with Crippen LogP contribution in [0.5, 0.6) is 0 Å². The van der Waals surface area contributed by atoms with Crippen LogP contribution < -0.4 is 0 Å². The Kier molecular flexibility index (Phi) is 3.32. The second-order valence-corrected chi connectivity index (χ2v) is 7.51. The average Bonchev–Trinajstić information content (AvgIpc) is 2.43. The van der Waals surface area contributed by atoms with E-state index in [4.69, 9.17) is 11.6 Å². The number of hydrogen-bond donors (Lipinski definition) is 0. The molecule has 0 aromatic heterocycles. The molecule has 21 heavy (non-hydrogen) atoms. The van der Waals surface area contributed by atoms with Gasteiger partial charge in [-0.3, -0.25) is 9.59 Å². The number of carbonyl (C=O) groups excluding carboxylic acids is 2. The van der Waals surface area contributed by atoms with E-state index < -0.39 is 0 Å². The quantitative estimate of drug-likeness (QED) is 0.576. The van der Waals surface area contributed by atoms with E-state index in [0.717, 1.165) is 17.6 Å². The summed E-state index contributed by atoms with van der Waals surface area (Å²) in [6.45, 7) is 6.32. The average molecular weight is 303 g/mol. The first-order valence-corrected chi connectivity index (χ1v) is 7.72. The number of Topliss-reactive ketones (excluding diaryl/α,β-unsaturated/α-hetero) is 2. The number of ketones is 2. The van der Waals surface area contributed by atoms with Gasteiger partial charge in [0.25, 0.3) is 0 Å². The lowest BCUT2D eigenvalue weighted by Gasteiger charge is -2.44. The van der Waals surface area contributed by atoms with Crippen LogP contribution in [-0.4, -0.2) is 11.6 Å². The van der Waals surface area contributed by atoms with Crippen molar-refractivity contribution in [1.29, 1.82) is 0 Å². The number of allylic oxidation sites excluding steroid dienone is 2. The van der Waals surface area contributed by atoms with Crippen molar-refractivity contribution in [3.05, 3.63) is 46.5 Å². The number of rotatable bonds is 1. The van der Waals surface area contributed by atoms with Crippen molar-refractivity contribution in [1.82, 2.24) is 0 Å². The first kappa shape index (κ1) is 14.5. The predicted octanol–water partition coefficient (Wildman–Crippen LogP) is 4.18. The van der Waals surface area contributed by atoms with Crippen molar-refractivity contribution < 1.29 is 9.59 Å². The maximum atomic E-state index is 12.5. The summed E-state index contributed by atoms with van der Waals surface area (Å²) in [7, 11) is 0. The van der Waals surface area contributed by atoms with Crippen molar-refractivity contribution in [2.45, 2.75) is 33.1 Å². The van der Waals surface area contributed by atoms with Gasteiger partial charge in [-0.15, -0.1) is 0 Å². The summed E-state index contributed by atoms with van der Waals surface area (Å²) in [6.07, 6.45) is 2.78. The molecule has 3 heteroatoms. The Balaban J connectivity index is 2.06. The third kappa shape index (κ3) is 2.36. The van der Waals surface area contributed by atoms with Crippen LogP contribution >= 0.6 is 11.6 Å². The van der Waals surface area contributed by atoms with Gasteiger partial charge in [-0.2, -0.15) is 0 Å². The summed E-state index contributed by atoms with van der Waals surface area (Å²) in [5, 5.41) is 0.689. The highest BCUT2D eigenvalue weighted by Crippen LogP contribution is 2.51. The first-order chi connectivity index (χ1) is 9.79. The van der Waals surface area contributed by atoms with Gasteiger partial charge in [0.15, 0.2) is 0 Å². The minimum atomic E-state index is -0.302. The molecule has 0 radical (unpaired) electrons. The van der Waals surface area contributed by atoms with E-state index >= 15 is 0 Å². The zero-order valence-corrected chi connectivity index (χ0v) is 13.3. The fourth-order valence-corrected chi connectivity index (χ4v) is 3.74. The topological polar surface area (TPSA) is 34.1 Å². The van der Waals surface area contributed by atoms with Crippen LogP contribution in [0.3, 0.4) is 0 Å². The van der Waals surface area contributed by atoms with Crippen LogP contribution in [-0.2, 0) is 9.59 Å². The number of benzene rings is 1. The highest BCUT2D eigenvalue weighted by molar-refractivity contribution is 6.41. The molecule has 1 aromatic rings. The summed E-state index contributed by atoms with van der Waals surface area (Å²) in [6, 6.07) is 7.66. The molecule has 4 rings (SSSR count). The highest BCUT2D eigenvalue weighted by atomic mass is 35.5. The molecule has 0 heterocycles. The predicted molar refractivity (Wildman–Crippen MR) is 83.3 cm³/mol. The molecular formula is C18H19ClO2. The standard InChI is InChI=1S/C18H19ClO2/c1-18(2,3)14-9-11-8-13(15(14)17(21)16(11)20)10-4-6-12(19)7-5-10/h4-7,9,11,13,15H,8H2,1-3H3/t11-,13+,15+/m0/s1. The van der Waals surface area contributed by atoms with Gasteiger partial charge in [-0.25, -0.2) is 0 Å². The molecule has 0 unspecified atom stereocenters. The van der Waals surface area contributed by atoms with Gasteiger partial charge in [0, 0.05) is 10.9 Å². The van der Waals surface area contributed by atoms with Gasteiger partial charge in [-0.1, -0.05) is 56.2 Å². The second kappa shape index (κ2) is 4.81. The molecular weight excluding hydrogens is 284 g/mol. The summed E-state index contributed by atoms with van der Waals surface area (Å²) < 4.78 is 0. The largest absolute Gasteiger partial charge is 0.290 e. The molecule has 3 aliphatic carbocycles. The molecule has 0 amide bonds. The van der Waals surface area contributed by atoms with Crippen LogP contribution in [0.4, 0.5) is 0 Å². The molecule has 0 N–H and O–H groups in total. The Morgan fingerprint density at radius 2 is 1.67 bits per heavy atom. The van der Waals surface area contributed by atoms with Crippen LogP contribution in [0.15, 0.2) is 35.9 Å². The second-order valence-electron chi connectivity index (χ2n) is 7.08. The van der Waals surface area contributed by atoms with E-state index in [2.05, 4.69) is 20.8 Å². The zero-order valence-electron chi connectivity index (χ0n) is 12.5. The molecule has 3 aliphatic rings. The van der Waals surface area contributed by atoms with Gasteiger partial charge >= 0.3 is 0 Å². The molecule has 3 atom stereocenters. The Morgan fingerprint density at radius 1 is 1.05 bits per heavy atom. The normalized spacial score (nSPS) is 28.8. The number of hydrogen-bond acceptors (Lipinski definition) is 2. The fourth-order valence-electron chi connectivity index (χ4n) is 3.61. The molecule has 0 spiro atoms. The summed E-state index contributed by atoms with van der Waals surface area (Å²) in [4.78, 5) is 24.6. The molecule has 1 fully saturated rings. The smallest absolute Gasteiger partial charge is 0.206 e. The number of carbonyl (C=O) groups is 2. The third-order valence-electron chi connectivity index (χ3n) is 4.65. The van der Waals surface area contributed by atoms with E-state index in [1.807, 2.05) is 30.3 Å². The van der Waals surface area contributed by atoms with Crippen LogP contribution in [0.2, 0.25) is 5.02 Å². The maximum Gasteiger partial charge on any atom is 0.206 e. The van der Waals surface area contributed by atoms with Crippen molar-refractivity contribution in [2.24, 2.45) is 17.3 Å². The summed E-state index contributed by atoms with van der Waals surface area (Å²) in [5.74, 6) is -0.880. The summed E-state index contributed by atoms with van der Waals surface area (Å²) in [5.41, 5.74) is 2.12. The van der Waals surface area contributed by atoms with Crippen LogP contribution in [0.1, 0.15) is 38.7 Å². The van der Waals surface area contributed by atoms with Gasteiger partial charge in [0.05, 0.1) is 5.92 Å². The van der Waals surface area contributed by atoms with Gasteiger partial charge < -0.3 is 0 Å². The van der Waals surface area contributed by atoms with Gasteiger partial charge in [0.1, 0.15) is 0 Å². The fraction of sp³-hybridized carbons (Fsp3) is 0.444. The van der Waals surface area contributed by atoms with Crippen molar-refractivity contribution in [2.75, 3.05) is 0 Å². The lowest BCUT2D eigenvalue weighted by atomic mass is 9.57. The van der Waals surface area contributed by atoms with Crippen molar-refractivity contribution in [3.63, 3.8) is 0 Å². The Morgan fingerprint density at radius 3 is 2.19 bits per heavy atom. The summed E-state index contributed by atoms with van der Waals surface area (Å²) >= 11 is 5.95. The zero-order chi connectivity index (χ0) is 15.4. The molecule has 1 aromatic carbocycles. The first-order valence-electron chi connectivity index (χ1n) is 7.35. The monoisotopic (exact) mass is 302 g/mol. The van der Waals surface area contributed by atoms with Crippen molar-refractivity contribution in [3.8, 4) is 0 Å². The maximum absolute atomic E-state index is 12.5. The Bertz CT molecular complexity index is 634. The van der Waals surface area contributed by atoms with E-state index in [1.54, 1.807) is 0 Å². The Labute approximate surface area is 130 Å². The molecule has 1 saturated carbocycles. The van der Waals surface area contributed by atoms with E-state index in [0.29, 0.717) is 5.02 Å². The lowest BCUT2D eigenvalue weighted by molar-refractivity contribution is -0.143. The Hall–Kier alpha value is -1.41. The third-order valence-corrected chi connectivity index (χ3v) is 4.90. The van der Waals surface area contributed by atoms with Crippen LogP contribution in [0, 0.1) is 17.3 Å². The molecule has 2 bridgehead atoms. The van der Waals surface area contributed by atoms with Gasteiger partial charge in [0.2, 0.25) is 11.6 Å².